The molecule has 0 aliphatic carbocycles. The van der Waals surface area contributed by atoms with E-state index in [9.17, 15) is 31.1 Å². The van der Waals surface area contributed by atoms with Crippen LogP contribution in [-0.2, 0) is 28.7 Å². The van der Waals surface area contributed by atoms with Gasteiger partial charge in [-0.15, -0.1) is 13.2 Å². The summed E-state index contributed by atoms with van der Waals surface area (Å²) in [6.45, 7) is -0.265. The van der Waals surface area contributed by atoms with Gasteiger partial charge in [-0.3, -0.25) is 9.53 Å². The minimum atomic E-state index is -4.78. The van der Waals surface area contributed by atoms with Gasteiger partial charge in [-0.25, -0.2) is 0 Å². The molecule has 1 aliphatic heterocycles. The van der Waals surface area contributed by atoms with Crippen LogP contribution in [0.4, 0.5) is 26.3 Å². The van der Waals surface area contributed by atoms with E-state index in [1.165, 1.54) is 17.0 Å². The Morgan fingerprint density at radius 2 is 1.70 bits per heavy atom. The molecule has 162 valence electrons. The Morgan fingerprint density at radius 3 is 2.33 bits per heavy atom. The first-order chi connectivity index (χ1) is 14.0. The summed E-state index contributed by atoms with van der Waals surface area (Å²) < 4.78 is 83.5. The van der Waals surface area contributed by atoms with E-state index in [0.717, 1.165) is 23.3 Å². The van der Waals surface area contributed by atoms with Gasteiger partial charge < -0.3 is 9.64 Å². The van der Waals surface area contributed by atoms with Crippen LogP contribution in [-0.4, -0.2) is 30.3 Å². The van der Waals surface area contributed by atoms with Crippen LogP contribution in [0.3, 0.4) is 0 Å². The Balaban J connectivity index is 1.65. The molecule has 3 rings (SSSR count). The molecule has 10 heteroatoms. The third kappa shape index (κ3) is 5.65. The molecule has 1 heterocycles. The lowest BCUT2D eigenvalue weighted by Gasteiger charge is -2.30. The standard InChI is InChI=1S/C20H17F6NO3/c21-19(22,23)14-4-6-15(7-5-14)30-17-3-1-2-13-12-27(10-8-16(13)17)18(28)9-11-29-20(24,25)26/h1-7H,8-12H2. The van der Waals surface area contributed by atoms with Crippen molar-refractivity contribution >= 4 is 5.91 Å². The molecule has 0 fully saturated rings. The lowest BCUT2D eigenvalue weighted by molar-refractivity contribution is -0.324. The highest BCUT2D eigenvalue weighted by molar-refractivity contribution is 5.76. The lowest BCUT2D eigenvalue weighted by Crippen LogP contribution is -2.36. The summed E-state index contributed by atoms with van der Waals surface area (Å²) in [7, 11) is 0. The molecule has 0 spiro atoms. The van der Waals surface area contributed by atoms with Crippen molar-refractivity contribution in [2.75, 3.05) is 13.2 Å². The van der Waals surface area contributed by atoms with Crippen molar-refractivity contribution in [1.29, 1.82) is 0 Å². The third-order valence-corrected chi connectivity index (χ3v) is 4.57. The smallest absolute Gasteiger partial charge is 0.457 e. The molecule has 0 bridgehead atoms. The lowest BCUT2D eigenvalue weighted by atomic mass is 9.98. The van der Waals surface area contributed by atoms with Gasteiger partial charge in [-0.2, -0.15) is 13.2 Å². The maximum absolute atomic E-state index is 12.7. The minimum absolute atomic E-state index is 0.199. The third-order valence-electron chi connectivity index (χ3n) is 4.57. The second-order valence-electron chi connectivity index (χ2n) is 6.63. The molecule has 0 atom stereocenters. The number of hydrogen-bond donors (Lipinski definition) is 0. The summed E-state index contributed by atoms with van der Waals surface area (Å²) in [6.07, 6.45) is -9.21. The van der Waals surface area contributed by atoms with Crippen LogP contribution in [0.15, 0.2) is 42.5 Å². The summed E-state index contributed by atoms with van der Waals surface area (Å²) in [5.41, 5.74) is 0.775. The van der Waals surface area contributed by atoms with Gasteiger partial charge in [0.1, 0.15) is 11.5 Å². The van der Waals surface area contributed by atoms with Gasteiger partial charge in [0.25, 0.3) is 0 Å². The number of carbonyl (C=O) groups is 1. The van der Waals surface area contributed by atoms with Crippen LogP contribution < -0.4 is 4.74 Å². The molecule has 2 aromatic carbocycles. The molecule has 0 radical (unpaired) electrons. The van der Waals surface area contributed by atoms with Crippen molar-refractivity contribution in [3.63, 3.8) is 0 Å². The number of halogens is 6. The van der Waals surface area contributed by atoms with Gasteiger partial charge in [0.15, 0.2) is 0 Å². The van der Waals surface area contributed by atoms with E-state index in [4.69, 9.17) is 4.74 Å². The highest BCUT2D eigenvalue weighted by Gasteiger charge is 2.31. The van der Waals surface area contributed by atoms with E-state index in [2.05, 4.69) is 4.74 Å². The number of nitrogens with zero attached hydrogens (tertiary/aromatic N) is 1. The summed E-state index contributed by atoms with van der Waals surface area (Å²) in [6, 6.07) is 9.41. The molecule has 1 aliphatic rings. The fourth-order valence-electron chi connectivity index (χ4n) is 3.13. The zero-order valence-electron chi connectivity index (χ0n) is 15.5. The molecular formula is C20H17F6NO3. The van der Waals surface area contributed by atoms with Crippen LogP contribution in [0.25, 0.3) is 0 Å². The second kappa shape index (κ2) is 8.55. The first-order valence-electron chi connectivity index (χ1n) is 8.97. The number of alkyl halides is 6. The monoisotopic (exact) mass is 433 g/mol. The van der Waals surface area contributed by atoms with Crippen molar-refractivity contribution in [2.45, 2.75) is 31.9 Å². The highest BCUT2D eigenvalue weighted by Crippen LogP contribution is 2.34. The van der Waals surface area contributed by atoms with Gasteiger partial charge in [0.2, 0.25) is 5.91 Å². The Kier molecular flexibility index (Phi) is 6.25. The van der Waals surface area contributed by atoms with Crippen molar-refractivity contribution < 1.29 is 40.6 Å². The molecule has 0 aromatic heterocycles. The first kappa shape index (κ1) is 21.9. The predicted octanol–water partition coefficient (Wildman–Crippen LogP) is 5.31. The maximum Gasteiger partial charge on any atom is 0.522 e. The fraction of sp³-hybridized carbons (Fsp3) is 0.350. The van der Waals surface area contributed by atoms with E-state index in [1.807, 2.05) is 0 Å². The molecule has 4 nitrogen and oxygen atoms in total. The Morgan fingerprint density at radius 1 is 1.00 bits per heavy atom. The SMILES string of the molecule is O=C(CCOC(F)(F)F)N1CCc2c(cccc2Oc2ccc(C(F)(F)F)cc2)C1. The van der Waals surface area contributed by atoms with Crippen molar-refractivity contribution in [1.82, 2.24) is 4.90 Å². The van der Waals surface area contributed by atoms with Crippen LogP contribution in [0.2, 0.25) is 0 Å². The van der Waals surface area contributed by atoms with Gasteiger partial charge in [-0.05, 0) is 42.3 Å². The highest BCUT2D eigenvalue weighted by atomic mass is 19.4. The first-order valence-corrected chi connectivity index (χ1v) is 8.97. The molecule has 30 heavy (non-hydrogen) atoms. The molecule has 0 N–H and O–H groups in total. The average molecular weight is 433 g/mol. The van der Waals surface area contributed by atoms with E-state index >= 15 is 0 Å². The van der Waals surface area contributed by atoms with Crippen LogP contribution >= 0.6 is 0 Å². The number of rotatable bonds is 5. The quantitative estimate of drug-likeness (QED) is 0.600. The Labute approximate surface area is 168 Å². The Hall–Kier alpha value is -2.75. The molecule has 0 saturated carbocycles. The normalized spacial score (nSPS) is 14.4. The molecule has 2 aromatic rings. The molecule has 0 unspecified atom stereocenters. The Bertz CT molecular complexity index is 893. The summed E-state index contributed by atoms with van der Waals surface area (Å²) in [4.78, 5) is 13.6. The summed E-state index contributed by atoms with van der Waals surface area (Å²) >= 11 is 0. The van der Waals surface area contributed by atoms with Crippen LogP contribution in [0, 0.1) is 0 Å². The number of carbonyl (C=O) groups excluding carboxylic acids is 1. The largest absolute Gasteiger partial charge is 0.522 e. The predicted molar refractivity (Wildman–Crippen MR) is 93.7 cm³/mol. The molecule has 1 amide bonds. The number of ether oxygens (including phenoxy) is 2. The van der Waals surface area contributed by atoms with Crippen LogP contribution in [0.5, 0.6) is 11.5 Å². The number of hydrogen-bond acceptors (Lipinski definition) is 3. The van der Waals surface area contributed by atoms with Crippen molar-refractivity contribution in [2.24, 2.45) is 0 Å². The van der Waals surface area contributed by atoms with E-state index < -0.39 is 37.0 Å². The van der Waals surface area contributed by atoms with Crippen LogP contribution in [0.1, 0.15) is 23.1 Å². The zero-order chi connectivity index (χ0) is 21.9. The van der Waals surface area contributed by atoms with Gasteiger partial charge in [0, 0.05) is 18.7 Å². The number of fused-ring (bicyclic) bond motifs is 1. The van der Waals surface area contributed by atoms with Gasteiger partial charge >= 0.3 is 12.5 Å². The van der Waals surface area contributed by atoms with E-state index in [-0.39, 0.29) is 18.8 Å². The number of amides is 1. The number of benzene rings is 2. The van der Waals surface area contributed by atoms with Crippen molar-refractivity contribution in [3.05, 3.63) is 59.2 Å². The van der Waals surface area contributed by atoms with E-state index in [0.29, 0.717) is 12.2 Å². The van der Waals surface area contributed by atoms with Gasteiger partial charge in [-0.1, -0.05) is 12.1 Å². The fourth-order valence-corrected chi connectivity index (χ4v) is 3.13. The molecule has 0 saturated heterocycles. The van der Waals surface area contributed by atoms with Gasteiger partial charge in [0.05, 0.1) is 18.6 Å². The topological polar surface area (TPSA) is 38.8 Å². The maximum atomic E-state index is 12.7. The van der Waals surface area contributed by atoms with Crippen molar-refractivity contribution in [3.8, 4) is 11.5 Å². The molecular weight excluding hydrogens is 416 g/mol. The second-order valence-corrected chi connectivity index (χ2v) is 6.63. The minimum Gasteiger partial charge on any atom is -0.457 e. The van der Waals surface area contributed by atoms with E-state index in [1.54, 1.807) is 18.2 Å². The average Bonchev–Trinajstić information content (AvgIpc) is 2.66. The summed E-state index contributed by atoms with van der Waals surface area (Å²) in [5, 5.41) is 0. The zero-order valence-corrected chi connectivity index (χ0v) is 15.5. The summed E-state index contributed by atoms with van der Waals surface area (Å²) in [5.74, 6) is 0.234.